The van der Waals surface area contributed by atoms with Gasteiger partial charge in [-0.3, -0.25) is 4.68 Å². The second-order valence-electron chi connectivity index (χ2n) is 14.4. The number of hydrogen-bond donors (Lipinski definition) is 0. The summed E-state index contributed by atoms with van der Waals surface area (Å²) in [5.74, 6) is 2.09. The largest absolute Gasteiger partial charge is 2.00 e. The van der Waals surface area contributed by atoms with E-state index in [0.29, 0.717) is 11.5 Å². The molecule has 3 heterocycles. The Morgan fingerprint density at radius 1 is 0.688 bits per heavy atom. The monoisotopic (exact) mass is 722 g/mol. The summed E-state index contributed by atoms with van der Waals surface area (Å²) in [5, 5.41) is 7.22. The molecule has 4 aromatic carbocycles. The molecule has 244 valence electrons. The zero-order valence-corrected chi connectivity index (χ0v) is 30.3. The van der Waals surface area contributed by atoms with E-state index in [1.807, 2.05) is 23.0 Å². The van der Waals surface area contributed by atoms with Crippen LogP contribution in [0, 0.1) is 26.0 Å². The van der Waals surface area contributed by atoms with Crippen molar-refractivity contribution in [3.63, 3.8) is 0 Å². The van der Waals surface area contributed by atoms with E-state index in [0.717, 1.165) is 61.4 Å². The molecule has 7 rings (SSSR count). The maximum Gasteiger partial charge on any atom is 2.00 e. The van der Waals surface area contributed by atoms with E-state index < -0.39 is 0 Å². The van der Waals surface area contributed by atoms with E-state index in [1.54, 1.807) is 0 Å². The molecule has 48 heavy (non-hydrogen) atoms. The Morgan fingerprint density at radius 2 is 1.40 bits per heavy atom. The van der Waals surface area contributed by atoms with Gasteiger partial charge in [0.25, 0.3) is 0 Å². The van der Waals surface area contributed by atoms with Gasteiger partial charge in [-0.1, -0.05) is 95.6 Å². The molecule has 0 amide bonds. The second kappa shape index (κ2) is 12.5. The Hall–Kier alpha value is -4.50. The molecular formula is C42H40N4OPd. The summed E-state index contributed by atoms with van der Waals surface area (Å²) < 4.78 is 10.8. The van der Waals surface area contributed by atoms with Crippen molar-refractivity contribution in [2.24, 2.45) is 0 Å². The van der Waals surface area contributed by atoms with Gasteiger partial charge < -0.3 is 9.30 Å². The van der Waals surface area contributed by atoms with Gasteiger partial charge in [-0.25, -0.2) is 4.98 Å². The van der Waals surface area contributed by atoms with Crippen molar-refractivity contribution in [2.75, 3.05) is 0 Å². The van der Waals surface area contributed by atoms with Crippen LogP contribution in [0.5, 0.6) is 11.5 Å². The molecule has 5 nitrogen and oxygen atoms in total. The number of hydrogen-bond acceptors (Lipinski definition) is 3. The minimum Gasteiger partial charge on any atom is -0.509 e. The van der Waals surface area contributed by atoms with Crippen molar-refractivity contribution >= 4 is 21.8 Å². The van der Waals surface area contributed by atoms with Gasteiger partial charge in [0, 0.05) is 34.5 Å². The van der Waals surface area contributed by atoms with Gasteiger partial charge in [-0.2, -0.15) is 11.2 Å². The van der Waals surface area contributed by atoms with E-state index in [9.17, 15) is 0 Å². The van der Waals surface area contributed by atoms with Crippen LogP contribution in [0.1, 0.15) is 64.1 Å². The summed E-state index contributed by atoms with van der Waals surface area (Å²) in [5.41, 5.74) is 9.39. The van der Waals surface area contributed by atoms with Gasteiger partial charge >= 0.3 is 20.4 Å². The smallest absolute Gasteiger partial charge is 0.509 e. The average molecular weight is 723 g/mol. The summed E-state index contributed by atoms with van der Waals surface area (Å²) in [4.78, 5) is 4.82. The molecular weight excluding hydrogens is 683 g/mol. The molecule has 0 aliphatic carbocycles. The van der Waals surface area contributed by atoms with Gasteiger partial charge in [-0.05, 0) is 65.1 Å². The number of benzene rings is 4. The Kier molecular flexibility index (Phi) is 8.71. The molecule has 0 fully saturated rings. The molecule has 6 heteroatoms. The summed E-state index contributed by atoms with van der Waals surface area (Å²) >= 11 is 0. The van der Waals surface area contributed by atoms with Crippen molar-refractivity contribution in [1.82, 2.24) is 19.3 Å². The Morgan fingerprint density at radius 3 is 2.12 bits per heavy atom. The molecule has 0 aliphatic rings. The molecule has 0 atom stereocenters. The fourth-order valence-corrected chi connectivity index (χ4v) is 6.33. The third-order valence-corrected chi connectivity index (χ3v) is 8.90. The average Bonchev–Trinajstić information content (AvgIpc) is 3.53. The summed E-state index contributed by atoms with van der Waals surface area (Å²) in [6.07, 6.45) is 1.90. The van der Waals surface area contributed by atoms with Crippen LogP contribution in [-0.4, -0.2) is 19.3 Å². The molecule has 3 aromatic heterocycles. The first-order chi connectivity index (χ1) is 22.4. The topological polar surface area (TPSA) is 44.9 Å². The molecule has 0 bridgehead atoms. The van der Waals surface area contributed by atoms with Crippen LogP contribution in [0.4, 0.5) is 0 Å². The molecule has 0 aliphatic heterocycles. The fraction of sp³-hybridized carbons (Fsp3) is 0.238. The number of ether oxygens (including phenoxy) is 1. The summed E-state index contributed by atoms with van der Waals surface area (Å²) in [6, 6.07) is 38.6. The minimum absolute atomic E-state index is 0. The molecule has 0 N–H and O–H groups in total. The van der Waals surface area contributed by atoms with E-state index in [2.05, 4.69) is 151 Å². The zero-order chi connectivity index (χ0) is 33.1. The third kappa shape index (κ3) is 6.12. The SMILES string of the molecule is Cc1nn(-c2[c-]c(Oc3[c-]c4c(cc3)c3ccccc3n4-c3cc(C(C)(C)C)ccn3)cc(C(C)(C)C)c2)c(C)c1-c1ccccc1.[Pd+2]. The quantitative estimate of drug-likeness (QED) is 0.131. The van der Waals surface area contributed by atoms with Crippen LogP contribution in [-0.2, 0) is 31.3 Å². The Bertz CT molecular complexity index is 2270. The number of aryl methyl sites for hydroxylation is 1. The standard InChI is InChI=1S/C42H40N4O.Pd/c1-27-40(29-14-10-9-11-15-29)28(2)46(44-27)32-22-31(42(6,7)8)23-34(25-32)47-33-18-19-36-35-16-12-13-17-37(35)45(38(36)26-33)39-24-30(20-21-43-39)41(3,4)5;/h9-24H,1-8H3;/q-2;+2. The first-order valence-corrected chi connectivity index (χ1v) is 16.2. The number of aromatic nitrogens is 4. The van der Waals surface area contributed by atoms with Crippen LogP contribution < -0.4 is 4.74 Å². The van der Waals surface area contributed by atoms with E-state index in [4.69, 9.17) is 14.8 Å². The predicted molar refractivity (Wildman–Crippen MR) is 192 cm³/mol. The first kappa shape index (κ1) is 33.4. The van der Waals surface area contributed by atoms with Crippen LogP contribution in [0.15, 0.2) is 97.2 Å². The third-order valence-electron chi connectivity index (χ3n) is 8.90. The van der Waals surface area contributed by atoms with Gasteiger partial charge in [0.2, 0.25) is 0 Å². The van der Waals surface area contributed by atoms with Crippen LogP contribution in [0.3, 0.4) is 0 Å². The number of fused-ring (bicyclic) bond motifs is 3. The summed E-state index contributed by atoms with van der Waals surface area (Å²) in [7, 11) is 0. The van der Waals surface area contributed by atoms with E-state index >= 15 is 0 Å². The molecule has 0 saturated carbocycles. The van der Waals surface area contributed by atoms with Gasteiger partial charge in [0.15, 0.2) is 0 Å². The predicted octanol–water partition coefficient (Wildman–Crippen LogP) is 10.6. The van der Waals surface area contributed by atoms with Crippen molar-refractivity contribution < 1.29 is 25.2 Å². The van der Waals surface area contributed by atoms with E-state index in [1.165, 1.54) is 5.56 Å². The molecule has 0 unspecified atom stereocenters. The first-order valence-electron chi connectivity index (χ1n) is 16.2. The Balaban J connectivity index is 0.00000401. The van der Waals surface area contributed by atoms with Crippen molar-refractivity contribution in [2.45, 2.75) is 66.2 Å². The van der Waals surface area contributed by atoms with Crippen LogP contribution >= 0.6 is 0 Å². The second-order valence-corrected chi connectivity index (χ2v) is 14.4. The number of rotatable bonds is 5. The number of nitrogens with zero attached hydrogens (tertiary/aromatic N) is 4. The molecule has 0 spiro atoms. The van der Waals surface area contributed by atoms with Gasteiger partial charge in [0.1, 0.15) is 5.82 Å². The summed E-state index contributed by atoms with van der Waals surface area (Å²) in [6.45, 7) is 17.5. The van der Waals surface area contributed by atoms with Gasteiger partial charge in [-0.15, -0.1) is 41.3 Å². The number of para-hydroxylation sites is 1. The van der Waals surface area contributed by atoms with Crippen LogP contribution in [0.2, 0.25) is 0 Å². The fourth-order valence-electron chi connectivity index (χ4n) is 6.33. The Labute approximate surface area is 297 Å². The molecule has 0 radical (unpaired) electrons. The molecule has 7 aromatic rings. The van der Waals surface area contributed by atoms with Crippen molar-refractivity contribution in [3.05, 3.63) is 132 Å². The maximum absolute atomic E-state index is 6.62. The van der Waals surface area contributed by atoms with Crippen LogP contribution in [0.25, 0.3) is 44.4 Å². The van der Waals surface area contributed by atoms with E-state index in [-0.39, 0.29) is 31.3 Å². The number of pyridine rings is 1. The van der Waals surface area contributed by atoms with Crippen molar-refractivity contribution in [1.29, 1.82) is 0 Å². The normalized spacial score (nSPS) is 12.0. The van der Waals surface area contributed by atoms with Gasteiger partial charge in [0.05, 0.1) is 5.69 Å². The minimum atomic E-state index is -0.121. The van der Waals surface area contributed by atoms with Crippen molar-refractivity contribution in [3.8, 4) is 34.1 Å². The molecule has 0 saturated heterocycles. The zero-order valence-electron chi connectivity index (χ0n) is 28.8. The maximum atomic E-state index is 6.62.